The lowest BCUT2D eigenvalue weighted by Gasteiger charge is -2.04. The predicted molar refractivity (Wildman–Crippen MR) is 68.9 cm³/mol. The summed E-state index contributed by atoms with van der Waals surface area (Å²) in [5, 5.41) is 9.48. The molecule has 0 radical (unpaired) electrons. The lowest BCUT2D eigenvalue weighted by atomic mass is 10.1. The highest BCUT2D eigenvalue weighted by molar-refractivity contribution is 7.80. The molecule has 86 valence electrons. The minimum Gasteiger partial charge on any atom is -0.476 e. The van der Waals surface area contributed by atoms with Gasteiger partial charge in [0.25, 0.3) is 0 Å². The maximum Gasteiger partial charge on any atom is 0.355 e. The van der Waals surface area contributed by atoms with Crippen molar-refractivity contribution in [3.05, 3.63) is 47.2 Å². The van der Waals surface area contributed by atoms with E-state index in [1.165, 1.54) is 6.20 Å². The molecule has 0 bridgehead atoms. The lowest BCUT2D eigenvalue weighted by Crippen LogP contribution is -2.01. The molecule has 0 saturated heterocycles. The Hall–Kier alpha value is -1.52. The second-order valence-electron chi connectivity index (χ2n) is 3.40. The summed E-state index contributed by atoms with van der Waals surface area (Å²) in [7, 11) is 0. The van der Waals surface area contributed by atoms with Crippen molar-refractivity contribution in [3.63, 3.8) is 0 Å². The molecule has 2 aromatic rings. The van der Waals surface area contributed by atoms with Gasteiger partial charge in [0.1, 0.15) is 0 Å². The van der Waals surface area contributed by atoms with Gasteiger partial charge in [0, 0.05) is 21.7 Å². The van der Waals surface area contributed by atoms with Crippen LogP contribution >= 0.6 is 24.2 Å². The van der Waals surface area contributed by atoms with Crippen LogP contribution in [0.15, 0.2) is 41.4 Å². The first-order valence-electron chi connectivity index (χ1n) is 4.76. The van der Waals surface area contributed by atoms with Crippen LogP contribution in [0.1, 0.15) is 10.5 Å². The molecule has 0 aliphatic carbocycles. The van der Waals surface area contributed by atoms with Gasteiger partial charge in [0.05, 0.1) is 0 Å². The summed E-state index contributed by atoms with van der Waals surface area (Å²) in [6.07, 6.45) is 1.51. The molecule has 0 unspecified atom stereocenters. The van der Waals surface area contributed by atoms with Crippen molar-refractivity contribution in [2.24, 2.45) is 0 Å². The van der Waals surface area contributed by atoms with Crippen LogP contribution in [0.5, 0.6) is 0 Å². The van der Waals surface area contributed by atoms with E-state index in [-0.39, 0.29) is 5.69 Å². The molecule has 1 aromatic carbocycles. The van der Waals surface area contributed by atoms with Crippen LogP contribution in [0.25, 0.3) is 11.1 Å². The van der Waals surface area contributed by atoms with E-state index in [0.717, 1.165) is 11.1 Å². The van der Waals surface area contributed by atoms with Crippen LogP contribution in [0.4, 0.5) is 0 Å². The summed E-state index contributed by atoms with van der Waals surface area (Å²) < 4.78 is 0. The van der Waals surface area contributed by atoms with E-state index in [9.17, 15) is 4.79 Å². The second kappa shape index (κ2) is 4.77. The van der Waals surface area contributed by atoms with Crippen molar-refractivity contribution in [3.8, 4) is 11.1 Å². The Morgan fingerprint density at radius 3 is 2.41 bits per heavy atom. The quantitative estimate of drug-likeness (QED) is 0.819. The van der Waals surface area contributed by atoms with Crippen LogP contribution in [-0.4, -0.2) is 16.1 Å². The zero-order valence-electron chi connectivity index (χ0n) is 8.59. The molecule has 0 atom stereocenters. The van der Waals surface area contributed by atoms with Gasteiger partial charge in [-0.2, -0.15) is 0 Å². The Bertz CT molecular complexity index is 569. The molecule has 0 aliphatic rings. The number of hydrogen-bond acceptors (Lipinski definition) is 3. The average Bonchev–Trinajstić information content (AvgIpc) is 2.29. The Labute approximate surface area is 108 Å². The van der Waals surface area contributed by atoms with Crippen molar-refractivity contribution in [2.45, 2.75) is 4.90 Å². The first kappa shape index (κ1) is 12.0. The number of aromatic nitrogens is 1. The molecule has 1 aromatic heterocycles. The average molecular weight is 266 g/mol. The largest absolute Gasteiger partial charge is 0.476 e. The number of carboxylic acid groups (broad SMARTS) is 1. The molecule has 3 nitrogen and oxygen atoms in total. The highest BCUT2D eigenvalue weighted by atomic mass is 35.5. The first-order valence-corrected chi connectivity index (χ1v) is 5.58. The number of rotatable bonds is 2. The molecule has 0 spiro atoms. The van der Waals surface area contributed by atoms with Crippen molar-refractivity contribution in [1.29, 1.82) is 0 Å². The molecular formula is C12H8ClNO2S. The molecular weight excluding hydrogens is 258 g/mol. The van der Waals surface area contributed by atoms with Gasteiger partial charge in [-0.3, -0.25) is 0 Å². The van der Waals surface area contributed by atoms with E-state index in [2.05, 4.69) is 17.6 Å². The molecule has 0 fully saturated rings. The van der Waals surface area contributed by atoms with Gasteiger partial charge in [-0.25, -0.2) is 9.78 Å². The van der Waals surface area contributed by atoms with Crippen LogP contribution in [0, 0.1) is 0 Å². The Morgan fingerprint density at radius 1 is 1.24 bits per heavy atom. The number of benzene rings is 1. The maximum atomic E-state index is 10.8. The fraction of sp³-hybridized carbons (Fsp3) is 0. The fourth-order valence-corrected chi connectivity index (χ4v) is 1.84. The number of aromatic carboxylic acids is 1. The van der Waals surface area contributed by atoms with Crippen molar-refractivity contribution in [2.75, 3.05) is 0 Å². The summed E-state index contributed by atoms with van der Waals surface area (Å²) in [4.78, 5) is 15.0. The lowest BCUT2D eigenvalue weighted by molar-refractivity contribution is 0.0686. The standard InChI is InChI=1S/C12H8ClNO2S/c13-9-3-1-7(2-4-9)8-5-10(17)11(12(15)16)14-6-8/h1-6,17H,(H,15,16). The number of thiol groups is 1. The number of nitrogens with zero attached hydrogens (tertiary/aromatic N) is 1. The summed E-state index contributed by atoms with van der Waals surface area (Å²) in [6.45, 7) is 0. The highest BCUT2D eigenvalue weighted by Gasteiger charge is 2.10. The number of hydrogen-bond donors (Lipinski definition) is 2. The Kier molecular flexibility index (Phi) is 3.36. The first-order chi connectivity index (χ1) is 8.08. The summed E-state index contributed by atoms with van der Waals surface area (Å²) in [5.74, 6) is -1.09. The SMILES string of the molecule is O=C(O)c1ncc(-c2ccc(Cl)cc2)cc1S. The summed E-state index contributed by atoms with van der Waals surface area (Å²) in [5.41, 5.74) is 1.66. The molecule has 17 heavy (non-hydrogen) atoms. The van der Waals surface area contributed by atoms with Gasteiger partial charge < -0.3 is 5.11 Å². The molecule has 0 amide bonds. The predicted octanol–water partition coefficient (Wildman–Crippen LogP) is 3.39. The molecule has 0 saturated carbocycles. The molecule has 1 heterocycles. The smallest absolute Gasteiger partial charge is 0.355 e. The van der Waals surface area contributed by atoms with E-state index in [0.29, 0.717) is 9.92 Å². The van der Waals surface area contributed by atoms with Crippen LogP contribution < -0.4 is 0 Å². The maximum absolute atomic E-state index is 10.8. The summed E-state index contributed by atoms with van der Waals surface area (Å²) in [6, 6.07) is 8.88. The van der Waals surface area contributed by atoms with Crippen molar-refractivity contribution in [1.82, 2.24) is 4.98 Å². The number of pyridine rings is 1. The van der Waals surface area contributed by atoms with Gasteiger partial charge in [0.2, 0.25) is 0 Å². The number of halogens is 1. The monoisotopic (exact) mass is 265 g/mol. The van der Waals surface area contributed by atoms with E-state index in [4.69, 9.17) is 16.7 Å². The number of carboxylic acids is 1. The van der Waals surface area contributed by atoms with Crippen LogP contribution in [0.2, 0.25) is 5.02 Å². The van der Waals surface area contributed by atoms with Gasteiger partial charge in [-0.1, -0.05) is 23.7 Å². The van der Waals surface area contributed by atoms with E-state index >= 15 is 0 Å². The van der Waals surface area contributed by atoms with Gasteiger partial charge in [-0.05, 0) is 23.8 Å². The van der Waals surface area contributed by atoms with Gasteiger partial charge >= 0.3 is 5.97 Å². The Balaban J connectivity index is 2.44. The molecule has 0 aliphatic heterocycles. The fourth-order valence-electron chi connectivity index (χ4n) is 1.42. The third kappa shape index (κ3) is 2.60. The molecule has 2 rings (SSSR count). The Morgan fingerprint density at radius 2 is 1.88 bits per heavy atom. The second-order valence-corrected chi connectivity index (χ2v) is 4.32. The third-order valence-electron chi connectivity index (χ3n) is 2.25. The highest BCUT2D eigenvalue weighted by Crippen LogP contribution is 2.24. The van der Waals surface area contributed by atoms with Gasteiger partial charge in [-0.15, -0.1) is 12.6 Å². The molecule has 1 N–H and O–H groups in total. The minimum atomic E-state index is -1.09. The zero-order valence-corrected chi connectivity index (χ0v) is 10.2. The zero-order chi connectivity index (χ0) is 12.4. The van der Waals surface area contributed by atoms with Crippen molar-refractivity contribution >= 4 is 30.2 Å². The normalized spacial score (nSPS) is 10.2. The minimum absolute atomic E-state index is 0.0500. The van der Waals surface area contributed by atoms with Gasteiger partial charge in [0.15, 0.2) is 5.69 Å². The number of carbonyl (C=O) groups is 1. The van der Waals surface area contributed by atoms with Crippen LogP contribution in [-0.2, 0) is 0 Å². The van der Waals surface area contributed by atoms with E-state index in [1.54, 1.807) is 18.2 Å². The van der Waals surface area contributed by atoms with Crippen LogP contribution in [0.3, 0.4) is 0 Å². The molecule has 5 heteroatoms. The van der Waals surface area contributed by atoms with E-state index in [1.807, 2.05) is 12.1 Å². The van der Waals surface area contributed by atoms with Crippen molar-refractivity contribution < 1.29 is 9.90 Å². The topological polar surface area (TPSA) is 50.2 Å². The summed E-state index contributed by atoms with van der Waals surface area (Å²) >= 11 is 9.90. The third-order valence-corrected chi connectivity index (χ3v) is 2.84. The van der Waals surface area contributed by atoms with E-state index < -0.39 is 5.97 Å².